The highest BCUT2D eigenvalue weighted by atomic mass is 15.1. The Morgan fingerprint density at radius 3 is 2.25 bits per heavy atom. The first-order chi connectivity index (χ1) is 7.45. The highest BCUT2D eigenvalue weighted by molar-refractivity contribution is 5.85. The van der Waals surface area contributed by atoms with Crippen molar-refractivity contribution < 1.29 is 0 Å². The monoisotopic (exact) mass is 218 g/mol. The second kappa shape index (κ2) is 6.94. The molecule has 1 aromatic carbocycles. The number of benzene rings is 1. The first-order valence-corrected chi connectivity index (χ1v) is 5.68. The minimum atomic E-state index is 0. The molecule has 2 heteroatoms. The minimum absolute atomic E-state index is 0. The van der Waals surface area contributed by atoms with Crippen LogP contribution in [-0.2, 0) is 6.42 Å². The summed E-state index contributed by atoms with van der Waals surface area (Å²) in [6.07, 6.45) is 1.04. The summed E-state index contributed by atoms with van der Waals surface area (Å²) in [6.45, 7) is 8.00. The second-order valence-electron chi connectivity index (χ2n) is 2.82. The molecule has 1 aliphatic rings. The van der Waals surface area contributed by atoms with Crippen LogP contribution < -0.4 is 0 Å². The van der Waals surface area contributed by atoms with Crippen LogP contribution in [0.5, 0.6) is 0 Å². The van der Waals surface area contributed by atoms with E-state index in [0.29, 0.717) is 0 Å². The van der Waals surface area contributed by atoms with Gasteiger partial charge in [-0.25, -0.2) is 0 Å². The van der Waals surface area contributed by atoms with Crippen molar-refractivity contribution in [2.24, 2.45) is 0 Å². The Kier molecular flexibility index (Phi) is 6.31. The second-order valence-corrected chi connectivity index (χ2v) is 2.82. The molecule has 0 fully saturated rings. The number of nitrogens with zero attached hydrogens (tertiary/aromatic N) is 2. The van der Waals surface area contributed by atoms with Gasteiger partial charge in [-0.05, 0) is 11.6 Å². The molecular weight excluding hydrogens is 196 g/mol. The third kappa shape index (κ3) is 2.78. The van der Waals surface area contributed by atoms with Crippen LogP contribution in [0.1, 0.15) is 46.4 Å². The molecule has 88 valence electrons. The number of hydrogen-bond donors (Lipinski definition) is 0. The van der Waals surface area contributed by atoms with E-state index in [1.54, 1.807) is 0 Å². The lowest BCUT2D eigenvalue weighted by molar-refractivity contribution is 1.06. The number of rotatable bonds is 0. The summed E-state index contributed by atoms with van der Waals surface area (Å²) in [5.41, 5.74) is 3.57. The molecule has 0 spiro atoms. The SMILES string of the molecule is C.CC.CC.c1ccc2c3c(nnc2c1)C3. The van der Waals surface area contributed by atoms with Gasteiger partial charge in [-0.1, -0.05) is 53.3 Å². The van der Waals surface area contributed by atoms with E-state index < -0.39 is 0 Å². The molecule has 1 aromatic heterocycles. The van der Waals surface area contributed by atoms with E-state index in [1.807, 2.05) is 45.9 Å². The average Bonchev–Trinajstić information content (AvgIpc) is 3.14. The summed E-state index contributed by atoms with van der Waals surface area (Å²) in [4.78, 5) is 0. The van der Waals surface area contributed by atoms with Crippen molar-refractivity contribution in [2.45, 2.75) is 41.5 Å². The zero-order chi connectivity index (χ0) is 11.3. The Morgan fingerprint density at radius 2 is 1.56 bits per heavy atom. The summed E-state index contributed by atoms with van der Waals surface area (Å²) in [5.74, 6) is 0. The van der Waals surface area contributed by atoms with Crippen LogP contribution in [0.2, 0.25) is 0 Å². The summed E-state index contributed by atoms with van der Waals surface area (Å²) in [6, 6.07) is 8.14. The van der Waals surface area contributed by atoms with Crippen LogP contribution in [0.3, 0.4) is 0 Å². The third-order valence-electron chi connectivity index (χ3n) is 2.08. The van der Waals surface area contributed by atoms with Gasteiger partial charge in [0, 0.05) is 11.8 Å². The molecule has 1 heterocycles. The van der Waals surface area contributed by atoms with Gasteiger partial charge in [0.25, 0.3) is 0 Å². The molecule has 16 heavy (non-hydrogen) atoms. The molecule has 2 aromatic rings. The zero-order valence-electron chi connectivity index (χ0n) is 9.91. The van der Waals surface area contributed by atoms with Gasteiger partial charge in [-0.15, -0.1) is 0 Å². The zero-order valence-corrected chi connectivity index (χ0v) is 9.91. The van der Waals surface area contributed by atoms with Crippen LogP contribution in [0.25, 0.3) is 10.9 Å². The number of hydrogen-bond acceptors (Lipinski definition) is 2. The van der Waals surface area contributed by atoms with Crippen LogP contribution in [-0.4, -0.2) is 10.2 Å². The number of fused-ring (bicyclic) bond motifs is 3. The van der Waals surface area contributed by atoms with E-state index >= 15 is 0 Å². The van der Waals surface area contributed by atoms with E-state index in [0.717, 1.165) is 11.9 Å². The third-order valence-corrected chi connectivity index (χ3v) is 2.08. The average molecular weight is 218 g/mol. The maximum Gasteiger partial charge on any atom is 0.0932 e. The molecule has 0 bridgehead atoms. The van der Waals surface area contributed by atoms with Crippen molar-refractivity contribution in [2.75, 3.05) is 0 Å². The van der Waals surface area contributed by atoms with E-state index in [-0.39, 0.29) is 7.43 Å². The Morgan fingerprint density at radius 1 is 0.938 bits per heavy atom. The Bertz CT molecular complexity index is 436. The van der Waals surface area contributed by atoms with Crippen LogP contribution in [0.4, 0.5) is 0 Å². The summed E-state index contributed by atoms with van der Waals surface area (Å²) in [5, 5.41) is 9.41. The lowest BCUT2D eigenvalue weighted by Crippen LogP contribution is -1.79. The van der Waals surface area contributed by atoms with Gasteiger partial charge in [-0.2, -0.15) is 10.2 Å². The van der Waals surface area contributed by atoms with Gasteiger partial charge in [0.05, 0.1) is 11.2 Å². The van der Waals surface area contributed by atoms with Gasteiger partial charge < -0.3 is 0 Å². The van der Waals surface area contributed by atoms with Gasteiger partial charge >= 0.3 is 0 Å². The lowest BCUT2D eigenvalue weighted by Gasteiger charge is -1.90. The molecule has 0 aliphatic heterocycles. The Hall–Kier alpha value is -1.44. The maximum atomic E-state index is 4.08. The summed E-state index contributed by atoms with van der Waals surface area (Å²) < 4.78 is 0. The van der Waals surface area contributed by atoms with Crippen molar-refractivity contribution in [3.63, 3.8) is 0 Å². The Balaban J connectivity index is 0.000000411. The van der Waals surface area contributed by atoms with Gasteiger partial charge in [-0.3, -0.25) is 0 Å². The van der Waals surface area contributed by atoms with Crippen LogP contribution in [0, 0.1) is 0 Å². The molecule has 0 amide bonds. The quantitative estimate of drug-likeness (QED) is 0.564. The molecular formula is C14H22N2. The highest BCUT2D eigenvalue weighted by Crippen LogP contribution is 2.31. The molecule has 3 rings (SSSR count). The van der Waals surface area contributed by atoms with Gasteiger partial charge in [0.15, 0.2) is 0 Å². The van der Waals surface area contributed by atoms with Crippen molar-refractivity contribution in [3.05, 3.63) is 35.5 Å². The van der Waals surface area contributed by atoms with Crippen LogP contribution >= 0.6 is 0 Å². The first kappa shape index (κ1) is 14.6. The molecule has 0 atom stereocenters. The normalized spacial score (nSPS) is 9.75. The fourth-order valence-electron chi connectivity index (χ4n) is 1.40. The van der Waals surface area contributed by atoms with Crippen molar-refractivity contribution >= 4 is 10.9 Å². The highest BCUT2D eigenvalue weighted by Gasteiger charge is 2.21. The molecule has 1 aliphatic carbocycles. The molecule has 0 saturated heterocycles. The topological polar surface area (TPSA) is 25.8 Å². The van der Waals surface area contributed by atoms with Crippen LogP contribution in [0.15, 0.2) is 24.3 Å². The first-order valence-electron chi connectivity index (χ1n) is 5.68. The van der Waals surface area contributed by atoms with Crippen molar-refractivity contribution in [1.29, 1.82) is 0 Å². The molecule has 0 saturated carbocycles. The summed E-state index contributed by atoms with van der Waals surface area (Å²) >= 11 is 0. The van der Waals surface area contributed by atoms with Crippen molar-refractivity contribution in [1.82, 2.24) is 10.2 Å². The molecule has 0 unspecified atom stereocenters. The van der Waals surface area contributed by atoms with Gasteiger partial charge in [0.1, 0.15) is 0 Å². The van der Waals surface area contributed by atoms with E-state index in [4.69, 9.17) is 0 Å². The molecule has 0 radical (unpaired) electrons. The largest absolute Gasteiger partial charge is 0.154 e. The predicted molar refractivity (Wildman–Crippen MR) is 71.8 cm³/mol. The van der Waals surface area contributed by atoms with E-state index in [1.165, 1.54) is 16.6 Å². The maximum absolute atomic E-state index is 4.08. The summed E-state index contributed by atoms with van der Waals surface area (Å²) in [7, 11) is 0. The van der Waals surface area contributed by atoms with Gasteiger partial charge in [0.2, 0.25) is 0 Å². The predicted octanol–water partition coefficient (Wildman–Crippen LogP) is 4.22. The lowest BCUT2D eigenvalue weighted by atomic mass is 10.2. The fourth-order valence-corrected chi connectivity index (χ4v) is 1.40. The Labute approximate surface area is 98.7 Å². The van der Waals surface area contributed by atoms with E-state index in [2.05, 4.69) is 16.3 Å². The molecule has 2 nitrogen and oxygen atoms in total. The fraction of sp³-hybridized carbons (Fsp3) is 0.429. The molecule has 0 N–H and O–H groups in total. The smallest absolute Gasteiger partial charge is 0.0932 e. The number of aromatic nitrogens is 2. The minimum Gasteiger partial charge on any atom is -0.154 e. The van der Waals surface area contributed by atoms with E-state index in [9.17, 15) is 0 Å². The standard InChI is InChI=1S/C9H6N2.2C2H6.CH4/c1-2-4-8-6(3-1)7-5-9(7)11-10-8;2*1-2;/h1-4H,5H2;2*1-2H3;1H4. The van der Waals surface area contributed by atoms with Crippen molar-refractivity contribution in [3.8, 4) is 0 Å².